The van der Waals surface area contributed by atoms with E-state index in [1.165, 1.54) is 5.56 Å². The lowest BCUT2D eigenvalue weighted by Crippen LogP contribution is -2.05. The van der Waals surface area contributed by atoms with Crippen molar-refractivity contribution in [2.45, 2.75) is 39.0 Å². The van der Waals surface area contributed by atoms with E-state index in [0.29, 0.717) is 17.6 Å². The van der Waals surface area contributed by atoms with Crippen LogP contribution in [0.15, 0.2) is 18.2 Å². The number of benzene rings is 1. The van der Waals surface area contributed by atoms with E-state index in [1.54, 1.807) is 12.1 Å². The van der Waals surface area contributed by atoms with Gasteiger partial charge in [0.15, 0.2) is 0 Å². The average Bonchev–Trinajstić information content (AvgIpc) is 3.06. The molecule has 1 aromatic carbocycles. The first kappa shape index (κ1) is 12.9. The number of aromatic hydroxyl groups is 1. The van der Waals surface area contributed by atoms with Crippen LogP contribution in [-0.4, -0.2) is 16.2 Å². The highest BCUT2D eigenvalue weighted by molar-refractivity contribution is 5.73. The maximum Gasteiger partial charge on any atom is 0.306 e. The minimum Gasteiger partial charge on any atom is -0.508 e. The van der Waals surface area contributed by atoms with Crippen LogP contribution in [0.25, 0.3) is 0 Å². The lowest BCUT2D eigenvalue weighted by Gasteiger charge is -2.17. The van der Waals surface area contributed by atoms with Gasteiger partial charge in [-0.25, -0.2) is 0 Å². The molecule has 1 aliphatic carbocycles. The monoisotopic (exact) mass is 248 g/mol. The minimum atomic E-state index is -0.655. The molecule has 2 rings (SSSR count). The summed E-state index contributed by atoms with van der Waals surface area (Å²) in [5.41, 5.74) is 2.33. The molecule has 1 saturated carbocycles. The van der Waals surface area contributed by atoms with Crippen LogP contribution >= 0.6 is 0 Å². The Balaban J connectivity index is 2.07. The van der Waals surface area contributed by atoms with Gasteiger partial charge in [-0.15, -0.1) is 0 Å². The van der Waals surface area contributed by atoms with Gasteiger partial charge in [0.1, 0.15) is 5.75 Å². The highest BCUT2D eigenvalue weighted by Crippen LogP contribution is 2.46. The van der Waals surface area contributed by atoms with Gasteiger partial charge in [0.25, 0.3) is 0 Å². The number of aliphatic carboxylic acids is 1. The van der Waals surface area contributed by atoms with E-state index in [9.17, 15) is 9.90 Å². The third-order valence-corrected chi connectivity index (χ3v) is 4.01. The Labute approximate surface area is 107 Å². The summed E-state index contributed by atoms with van der Waals surface area (Å²) in [5.74, 6) is 0.246. The molecule has 1 fully saturated rings. The van der Waals surface area contributed by atoms with Gasteiger partial charge < -0.3 is 10.2 Å². The summed E-state index contributed by atoms with van der Waals surface area (Å²) in [4.78, 5) is 10.9. The molecule has 3 atom stereocenters. The zero-order valence-corrected chi connectivity index (χ0v) is 10.9. The standard InChI is InChI=1S/C15H20O3/c1-3-10(7-11-8-14(11)15(17)18)13-5-4-12(16)6-9(13)2/h4-6,10-11,14,16H,3,7-8H2,1-2H3,(H,17,18). The van der Waals surface area contributed by atoms with Crippen molar-refractivity contribution < 1.29 is 15.0 Å². The zero-order valence-electron chi connectivity index (χ0n) is 10.9. The van der Waals surface area contributed by atoms with E-state index in [2.05, 4.69) is 6.92 Å². The van der Waals surface area contributed by atoms with Crippen LogP contribution in [0.4, 0.5) is 0 Å². The molecule has 18 heavy (non-hydrogen) atoms. The Kier molecular flexibility index (Phi) is 3.60. The minimum absolute atomic E-state index is 0.128. The number of carbonyl (C=O) groups is 1. The van der Waals surface area contributed by atoms with E-state index in [4.69, 9.17) is 5.11 Å². The molecule has 0 heterocycles. The summed E-state index contributed by atoms with van der Waals surface area (Å²) in [6.45, 7) is 4.13. The first-order valence-corrected chi connectivity index (χ1v) is 6.55. The van der Waals surface area contributed by atoms with Crippen LogP contribution < -0.4 is 0 Å². The number of hydrogen-bond donors (Lipinski definition) is 2. The Bertz CT molecular complexity index is 453. The number of phenolic OH excluding ortho intramolecular Hbond substituents is 1. The van der Waals surface area contributed by atoms with E-state index >= 15 is 0 Å². The number of aryl methyl sites for hydroxylation is 1. The highest BCUT2D eigenvalue weighted by Gasteiger charge is 2.43. The van der Waals surface area contributed by atoms with Gasteiger partial charge in [-0.1, -0.05) is 13.0 Å². The average molecular weight is 248 g/mol. The van der Waals surface area contributed by atoms with Crippen molar-refractivity contribution in [2.75, 3.05) is 0 Å². The van der Waals surface area contributed by atoms with Crippen LogP contribution in [0.1, 0.15) is 43.2 Å². The van der Waals surface area contributed by atoms with E-state index in [1.807, 2.05) is 13.0 Å². The van der Waals surface area contributed by atoms with Crippen molar-refractivity contribution in [1.82, 2.24) is 0 Å². The number of carboxylic acid groups (broad SMARTS) is 1. The Morgan fingerprint density at radius 2 is 2.22 bits per heavy atom. The lowest BCUT2D eigenvalue weighted by molar-refractivity contribution is -0.138. The molecule has 0 amide bonds. The largest absolute Gasteiger partial charge is 0.508 e. The summed E-state index contributed by atoms with van der Waals surface area (Å²) < 4.78 is 0. The predicted octanol–water partition coefficient (Wildman–Crippen LogP) is 3.31. The smallest absolute Gasteiger partial charge is 0.306 e. The maximum absolute atomic E-state index is 10.9. The summed E-state index contributed by atoms with van der Waals surface area (Å²) in [6, 6.07) is 5.46. The molecule has 3 heteroatoms. The van der Waals surface area contributed by atoms with Crippen molar-refractivity contribution in [1.29, 1.82) is 0 Å². The molecule has 0 spiro atoms. The van der Waals surface area contributed by atoms with Crippen LogP contribution in [-0.2, 0) is 4.79 Å². The van der Waals surface area contributed by atoms with Gasteiger partial charge >= 0.3 is 5.97 Å². The van der Waals surface area contributed by atoms with Crippen molar-refractivity contribution in [3.05, 3.63) is 29.3 Å². The maximum atomic E-state index is 10.9. The molecular weight excluding hydrogens is 228 g/mol. The van der Waals surface area contributed by atoms with E-state index < -0.39 is 5.97 Å². The van der Waals surface area contributed by atoms with E-state index in [0.717, 1.165) is 24.8 Å². The van der Waals surface area contributed by atoms with E-state index in [-0.39, 0.29) is 5.92 Å². The second-order valence-electron chi connectivity index (χ2n) is 5.32. The van der Waals surface area contributed by atoms with Crippen molar-refractivity contribution in [3.8, 4) is 5.75 Å². The molecule has 1 aliphatic rings. The van der Waals surface area contributed by atoms with Crippen LogP contribution in [0, 0.1) is 18.8 Å². The molecule has 3 unspecified atom stereocenters. The summed E-state index contributed by atoms with van der Waals surface area (Å²) in [6.07, 6.45) is 2.77. The molecule has 98 valence electrons. The van der Waals surface area contributed by atoms with Crippen molar-refractivity contribution >= 4 is 5.97 Å². The van der Waals surface area contributed by atoms with Crippen LogP contribution in [0.2, 0.25) is 0 Å². The van der Waals surface area contributed by atoms with Gasteiger partial charge in [-0.2, -0.15) is 0 Å². The van der Waals surface area contributed by atoms with Gasteiger partial charge in [-0.05, 0) is 61.3 Å². The third-order valence-electron chi connectivity index (χ3n) is 4.01. The fraction of sp³-hybridized carbons (Fsp3) is 0.533. The van der Waals surface area contributed by atoms with Crippen LogP contribution in [0.3, 0.4) is 0 Å². The quantitative estimate of drug-likeness (QED) is 0.840. The molecular formula is C15H20O3. The fourth-order valence-electron chi connectivity index (χ4n) is 2.81. The molecule has 0 radical (unpaired) electrons. The molecule has 0 saturated heterocycles. The Morgan fingerprint density at radius 3 is 2.72 bits per heavy atom. The zero-order chi connectivity index (χ0) is 13.3. The normalized spacial score (nSPS) is 23.7. The second kappa shape index (κ2) is 5.01. The number of hydrogen-bond acceptors (Lipinski definition) is 2. The molecule has 0 aromatic heterocycles. The van der Waals surface area contributed by atoms with Crippen LogP contribution in [0.5, 0.6) is 5.75 Å². The van der Waals surface area contributed by atoms with Gasteiger partial charge in [0.2, 0.25) is 0 Å². The summed E-state index contributed by atoms with van der Waals surface area (Å²) >= 11 is 0. The Morgan fingerprint density at radius 1 is 1.50 bits per heavy atom. The van der Waals surface area contributed by atoms with Gasteiger partial charge in [-0.3, -0.25) is 4.79 Å². The molecule has 0 aliphatic heterocycles. The fourth-order valence-corrected chi connectivity index (χ4v) is 2.81. The van der Waals surface area contributed by atoms with Gasteiger partial charge in [0.05, 0.1) is 5.92 Å². The first-order chi connectivity index (χ1) is 8.52. The second-order valence-corrected chi connectivity index (χ2v) is 5.32. The number of rotatable bonds is 5. The van der Waals surface area contributed by atoms with Gasteiger partial charge in [0, 0.05) is 0 Å². The first-order valence-electron chi connectivity index (χ1n) is 6.55. The highest BCUT2D eigenvalue weighted by atomic mass is 16.4. The molecule has 0 bridgehead atoms. The molecule has 2 N–H and O–H groups in total. The van der Waals surface area contributed by atoms with Crippen molar-refractivity contribution in [3.63, 3.8) is 0 Å². The topological polar surface area (TPSA) is 57.5 Å². The Hall–Kier alpha value is -1.51. The SMILES string of the molecule is CCC(CC1CC1C(=O)O)c1ccc(O)cc1C. The molecule has 3 nitrogen and oxygen atoms in total. The lowest BCUT2D eigenvalue weighted by atomic mass is 9.88. The number of phenols is 1. The predicted molar refractivity (Wildman–Crippen MR) is 69.7 cm³/mol. The van der Waals surface area contributed by atoms with Crippen molar-refractivity contribution in [2.24, 2.45) is 11.8 Å². The summed E-state index contributed by atoms with van der Waals surface area (Å²) in [7, 11) is 0. The summed E-state index contributed by atoms with van der Waals surface area (Å²) in [5, 5.41) is 18.4. The molecule has 1 aromatic rings. The number of carboxylic acids is 1. The third kappa shape index (κ3) is 2.66.